The molecule has 0 fully saturated rings. The highest BCUT2D eigenvalue weighted by Gasteiger charge is 2.26. The molecule has 2 rings (SSSR count). The van der Waals surface area contributed by atoms with Gasteiger partial charge >= 0.3 is 0 Å². The number of nitrogens with zero attached hydrogens (tertiary/aromatic N) is 1. The summed E-state index contributed by atoms with van der Waals surface area (Å²) in [5.41, 5.74) is 2.01. The van der Waals surface area contributed by atoms with Crippen molar-refractivity contribution in [3.05, 3.63) is 29.3 Å². The highest BCUT2D eigenvalue weighted by atomic mass is 35.5. The van der Waals surface area contributed by atoms with Crippen LogP contribution in [0, 0.1) is 0 Å². The Morgan fingerprint density at radius 3 is 2.79 bits per heavy atom. The molecule has 0 spiro atoms. The van der Waals surface area contributed by atoms with E-state index < -0.39 is 10.0 Å². The molecule has 6 heteroatoms. The Morgan fingerprint density at radius 2 is 2.05 bits per heavy atom. The van der Waals surface area contributed by atoms with E-state index in [4.69, 9.17) is 11.6 Å². The van der Waals surface area contributed by atoms with Crippen molar-refractivity contribution in [3.8, 4) is 5.75 Å². The van der Waals surface area contributed by atoms with Gasteiger partial charge in [0.25, 0.3) is 0 Å². The van der Waals surface area contributed by atoms with Crippen molar-refractivity contribution < 1.29 is 13.5 Å². The Bertz CT molecular complexity index is 545. The third kappa shape index (κ3) is 3.61. The van der Waals surface area contributed by atoms with Crippen LogP contribution in [0.1, 0.15) is 24.0 Å². The van der Waals surface area contributed by atoms with Crippen LogP contribution in [0.25, 0.3) is 0 Å². The molecule has 1 heterocycles. The molecular weight excluding hydrogens is 286 g/mol. The number of hydrogen-bond donors (Lipinski definition) is 1. The Kier molecular flexibility index (Phi) is 4.71. The van der Waals surface area contributed by atoms with E-state index in [1.807, 2.05) is 6.07 Å². The molecule has 0 saturated heterocycles. The number of phenolic OH excluding ortho intramolecular Hbond substituents is 1. The van der Waals surface area contributed by atoms with E-state index in [0.717, 1.165) is 11.1 Å². The van der Waals surface area contributed by atoms with Crippen LogP contribution >= 0.6 is 11.6 Å². The van der Waals surface area contributed by atoms with Crippen molar-refractivity contribution in [1.29, 1.82) is 0 Å². The second-order valence-corrected chi connectivity index (χ2v) is 7.22. The van der Waals surface area contributed by atoms with E-state index >= 15 is 0 Å². The monoisotopic (exact) mass is 303 g/mol. The molecule has 0 aromatic heterocycles. The molecule has 4 nitrogen and oxygen atoms in total. The van der Waals surface area contributed by atoms with Crippen LogP contribution in [-0.2, 0) is 23.0 Å². The lowest BCUT2D eigenvalue weighted by Gasteiger charge is -2.28. The number of alkyl halides is 1. The van der Waals surface area contributed by atoms with Gasteiger partial charge in [-0.2, -0.15) is 4.31 Å². The molecule has 106 valence electrons. The number of rotatable bonds is 5. The van der Waals surface area contributed by atoms with Crippen LogP contribution in [-0.4, -0.2) is 36.0 Å². The smallest absolute Gasteiger partial charge is 0.214 e. The van der Waals surface area contributed by atoms with Gasteiger partial charge in [-0.3, -0.25) is 0 Å². The van der Waals surface area contributed by atoms with Crippen molar-refractivity contribution >= 4 is 21.6 Å². The van der Waals surface area contributed by atoms with Crippen LogP contribution < -0.4 is 0 Å². The molecule has 1 aliphatic heterocycles. The first-order valence-corrected chi connectivity index (χ1v) is 8.52. The Hall–Kier alpha value is -0.780. The van der Waals surface area contributed by atoms with Gasteiger partial charge in [-0.1, -0.05) is 6.07 Å². The summed E-state index contributed by atoms with van der Waals surface area (Å²) in [4.78, 5) is 0. The Labute approximate surface area is 119 Å². The van der Waals surface area contributed by atoms with Gasteiger partial charge in [0.05, 0.1) is 5.75 Å². The molecular formula is C13H18ClNO3S. The zero-order chi connectivity index (χ0) is 13.9. The number of hydrogen-bond acceptors (Lipinski definition) is 3. The van der Waals surface area contributed by atoms with Crippen LogP contribution in [0.15, 0.2) is 18.2 Å². The van der Waals surface area contributed by atoms with Gasteiger partial charge in [-0.25, -0.2) is 8.42 Å². The number of fused-ring (bicyclic) bond motifs is 1. The summed E-state index contributed by atoms with van der Waals surface area (Å²) in [5.74, 6) is 0.820. The topological polar surface area (TPSA) is 57.6 Å². The summed E-state index contributed by atoms with van der Waals surface area (Å²) in [6.07, 6.45) is 2.01. The van der Waals surface area contributed by atoms with Crippen LogP contribution in [0.3, 0.4) is 0 Å². The minimum Gasteiger partial charge on any atom is -0.508 e. The lowest BCUT2D eigenvalue weighted by molar-refractivity contribution is 0.388. The van der Waals surface area contributed by atoms with E-state index in [1.165, 1.54) is 4.31 Å². The molecule has 1 aromatic carbocycles. The first kappa shape index (κ1) is 14.6. The Morgan fingerprint density at radius 1 is 1.26 bits per heavy atom. The van der Waals surface area contributed by atoms with Crippen molar-refractivity contribution in [3.63, 3.8) is 0 Å². The van der Waals surface area contributed by atoms with Gasteiger partial charge in [0.2, 0.25) is 10.0 Å². The van der Waals surface area contributed by atoms with Gasteiger partial charge in [0, 0.05) is 19.0 Å². The molecule has 19 heavy (non-hydrogen) atoms. The predicted molar refractivity (Wildman–Crippen MR) is 76.0 cm³/mol. The third-order valence-electron chi connectivity index (χ3n) is 3.35. The largest absolute Gasteiger partial charge is 0.508 e. The maximum Gasteiger partial charge on any atom is 0.214 e. The minimum absolute atomic E-state index is 0.147. The SMILES string of the molecule is O=S(=O)(CCCCCl)N1CCc2ccc(O)cc2C1. The summed E-state index contributed by atoms with van der Waals surface area (Å²) in [6, 6.07) is 5.15. The average Bonchev–Trinajstić information content (AvgIpc) is 2.38. The molecule has 0 atom stereocenters. The second-order valence-electron chi connectivity index (χ2n) is 4.75. The minimum atomic E-state index is -3.22. The van der Waals surface area contributed by atoms with E-state index in [9.17, 15) is 13.5 Å². The maximum atomic E-state index is 12.2. The van der Waals surface area contributed by atoms with Gasteiger partial charge in [0.1, 0.15) is 5.75 Å². The molecule has 0 saturated carbocycles. The number of sulfonamides is 1. The zero-order valence-electron chi connectivity index (χ0n) is 10.7. The molecule has 1 aromatic rings. The number of halogens is 1. The Balaban J connectivity index is 2.08. The van der Waals surface area contributed by atoms with Crippen molar-refractivity contribution in [2.45, 2.75) is 25.8 Å². The van der Waals surface area contributed by atoms with Gasteiger partial charge in [-0.05, 0) is 42.5 Å². The van der Waals surface area contributed by atoms with Gasteiger partial charge < -0.3 is 5.11 Å². The summed E-state index contributed by atoms with van der Waals surface area (Å²) >= 11 is 5.56. The standard InChI is InChI=1S/C13H18ClNO3S/c14-6-1-2-8-19(17,18)15-7-5-11-3-4-13(16)9-12(11)10-15/h3-4,9,16H,1-2,5-8,10H2. The number of benzene rings is 1. The van der Waals surface area contributed by atoms with E-state index in [0.29, 0.717) is 38.2 Å². The zero-order valence-corrected chi connectivity index (χ0v) is 12.3. The van der Waals surface area contributed by atoms with Crippen LogP contribution in [0.4, 0.5) is 0 Å². The molecule has 0 aliphatic carbocycles. The van der Waals surface area contributed by atoms with E-state index in [2.05, 4.69) is 0 Å². The van der Waals surface area contributed by atoms with E-state index in [1.54, 1.807) is 12.1 Å². The second kappa shape index (κ2) is 6.11. The lowest BCUT2D eigenvalue weighted by Crippen LogP contribution is -2.37. The van der Waals surface area contributed by atoms with Crippen molar-refractivity contribution in [1.82, 2.24) is 4.31 Å². The number of aromatic hydroxyl groups is 1. The van der Waals surface area contributed by atoms with Crippen LogP contribution in [0.5, 0.6) is 5.75 Å². The van der Waals surface area contributed by atoms with Crippen molar-refractivity contribution in [2.75, 3.05) is 18.2 Å². The third-order valence-corrected chi connectivity index (χ3v) is 5.52. The average molecular weight is 304 g/mol. The first-order chi connectivity index (χ1) is 9.03. The fraction of sp³-hybridized carbons (Fsp3) is 0.538. The predicted octanol–water partition coefficient (Wildman–Crippen LogP) is 2.10. The molecule has 0 unspecified atom stereocenters. The summed E-state index contributed by atoms with van der Waals surface area (Å²) in [6.45, 7) is 0.869. The van der Waals surface area contributed by atoms with E-state index in [-0.39, 0.29) is 11.5 Å². The summed E-state index contributed by atoms with van der Waals surface area (Å²) in [5, 5.41) is 9.47. The maximum absolute atomic E-state index is 12.2. The molecule has 0 amide bonds. The highest BCUT2D eigenvalue weighted by molar-refractivity contribution is 7.89. The fourth-order valence-corrected chi connectivity index (χ4v) is 3.98. The van der Waals surface area contributed by atoms with Gasteiger partial charge in [-0.15, -0.1) is 11.6 Å². The van der Waals surface area contributed by atoms with Crippen LogP contribution in [0.2, 0.25) is 0 Å². The normalized spacial score (nSPS) is 16.3. The molecule has 0 radical (unpaired) electrons. The molecule has 0 bridgehead atoms. The first-order valence-electron chi connectivity index (χ1n) is 6.37. The summed E-state index contributed by atoms with van der Waals surface area (Å²) in [7, 11) is -3.22. The van der Waals surface area contributed by atoms with Gasteiger partial charge in [0.15, 0.2) is 0 Å². The lowest BCUT2D eigenvalue weighted by atomic mass is 10.0. The quantitative estimate of drug-likeness (QED) is 0.669. The molecule has 1 N–H and O–H groups in total. The number of unbranched alkanes of at least 4 members (excludes halogenated alkanes) is 1. The summed E-state index contributed by atoms with van der Waals surface area (Å²) < 4.78 is 25.9. The molecule has 1 aliphatic rings. The highest BCUT2D eigenvalue weighted by Crippen LogP contribution is 2.25. The number of phenols is 1. The van der Waals surface area contributed by atoms with Crippen molar-refractivity contribution in [2.24, 2.45) is 0 Å². The fourth-order valence-electron chi connectivity index (χ4n) is 2.26.